The first-order valence-corrected chi connectivity index (χ1v) is 18.6. The average Bonchev–Trinajstić information content (AvgIpc) is 4.09. The lowest BCUT2D eigenvalue weighted by Gasteiger charge is -2.22. The monoisotopic (exact) mass is 742 g/mol. The Hall–Kier alpha value is -6.21. The Morgan fingerprint density at radius 2 is 1.17 bits per heavy atom. The van der Waals surface area contributed by atoms with E-state index in [1.807, 2.05) is 84.9 Å². The van der Waals surface area contributed by atoms with E-state index in [2.05, 4.69) is 0 Å². The van der Waals surface area contributed by atoms with Gasteiger partial charge in [-0.1, -0.05) is 98.4 Å². The quantitative estimate of drug-likeness (QED) is 0.181. The van der Waals surface area contributed by atoms with Crippen molar-refractivity contribution >= 4 is 84.8 Å². The topological polar surface area (TPSA) is 43.6 Å². The predicted octanol–water partition coefficient (Wildman–Crippen LogP) is 13.3. The van der Waals surface area contributed by atoms with Crippen molar-refractivity contribution < 1.29 is 21.9 Å². The van der Waals surface area contributed by atoms with Crippen molar-refractivity contribution in [3.8, 4) is 39.9 Å². The average molecular weight is 743 g/mol. The van der Waals surface area contributed by atoms with Gasteiger partial charge < -0.3 is 0 Å². The fourth-order valence-corrected chi connectivity index (χ4v) is 9.96. The SMILES string of the molecule is [2H]c1c([2H])c([2H])c2c(c1[2H])-c1c([2H])c([2H])c3c(c1C2(C([2H])([2H])[2H])C([2H])([2H])[2H])c1c([2H])c([2H])c([2H])c([2H])c1n3-c1nc(-c2ccc3sc4ccccc4c3c2)nc(-c2ccc3sc4ccccc4c3c2)n1. The molecule has 0 unspecified atom stereocenters. The van der Waals surface area contributed by atoms with Crippen LogP contribution in [0.3, 0.4) is 0 Å². The summed E-state index contributed by atoms with van der Waals surface area (Å²) in [7, 11) is 0. The van der Waals surface area contributed by atoms with Gasteiger partial charge in [0.25, 0.3) is 0 Å². The molecular formula is C48H30N4S2. The molecule has 12 rings (SSSR count). The van der Waals surface area contributed by atoms with Gasteiger partial charge in [-0.25, -0.2) is 4.98 Å². The molecule has 54 heavy (non-hydrogen) atoms. The van der Waals surface area contributed by atoms with Crippen LogP contribution in [-0.4, -0.2) is 19.5 Å². The number of thiophene rings is 2. The molecule has 6 heteroatoms. The van der Waals surface area contributed by atoms with E-state index in [1.54, 1.807) is 22.7 Å². The highest BCUT2D eigenvalue weighted by atomic mass is 32.1. The molecule has 11 aromatic rings. The summed E-state index contributed by atoms with van der Waals surface area (Å²) < 4.78 is 151. The summed E-state index contributed by atoms with van der Waals surface area (Å²) in [6, 6.07) is 19.0. The summed E-state index contributed by atoms with van der Waals surface area (Å²) in [6.45, 7) is -7.36. The first kappa shape index (κ1) is 18.7. The fourth-order valence-electron chi connectivity index (χ4n) is 7.79. The maximum absolute atomic E-state index is 9.80. The molecule has 0 saturated heterocycles. The summed E-state index contributed by atoms with van der Waals surface area (Å²) in [5.41, 5.74) is -5.89. The van der Waals surface area contributed by atoms with E-state index in [0.29, 0.717) is 11.1 Å². The minimum atomic E-state index is -3.68. The number of nitrogens with zero attached hydrogens (tertiary/aromatic N) is 4. The minimum Gasteiger partial charge on any atom is -0.278 e. The fraction of sp³-hybridized carbons (Fsp3) is 0.0625. The summed E-state index contributed by atoms with van der Waals surface area (Å²) in [5, 5.41) is 2.85. The highest BCUT2D eigenvalue weighted by molar-refractivity contribution is 7.26. The third-order valence-corrected chi connectivity index (χ3v) is 12.5. The molecule has 0 N–H and O–H groups in total. The van der Waals surface area contributed by atoms with Crippen molar-refractivity contribution in [2.24, 2.45) is 0 Å². The van der Waals surface area contributed by atoms with Gasteiger partial charge in [0.1, 0.15) is 0 Å². The molecule has 7 aromatic carbocycles. The van der Waals surface area contributed by atoms with Crippen LogP contribution < -0.4 is 0 Å². The zero-order valence-corrected chi connectivity index (χ0v) is 29.3. The van der Waals surface area contributed by atoms with Crippen molar-refractivity contribution in [3.63, 3.8) is 0 Å². The van der Waals surface area contributed by atoms with E-state index < -0.39 is 118 Å². The first-order valence-electron chi connectivity index (χ1n) is 25.0. The Balaban J connectivity index is 1.28. The van der Waals surface area contributed by atoms with Gasteiger partial charge in [-0.3, -0.25) is 4.57 Å². The van der Waals surface area contributed by atoms with Crippen LogP contribution in [0.15, 0.2) is 145 Å². The van der Waals surface area contributed by atoms with Gasteiger partial charge in [0.05, 0.1) is 24.7 Å². The lowest BCUT2D eigenvalue weighted by atomic mass is 9.80. The second-order valence-electron chi connectivity index (χ2n) is 13.2. The number of aromatic nitrogens is 4. The largest absolute Gasteiger partial charge is 0.278 e. The van der Waals surface area contributed by atoms with Gasteiger partial charge in [-0.05, 0) is 82.9 Å². The molecule has 1 aliphatic rings. The molecule has 0 aliphatic heterocycles. The Kier molecular flexibility index (Phi) is 3.78. The van der Waals surface area contributed by atoms with Gasteiger partial charge >= 0.3 is 0 Å². The molecule has 0 atom stereocenters. The zero-order chi connectivity index (χ0) is 49.4. The van der Waals surface area contributed by atoms with Crippen molar-refractivity contribution in [3.05, 3.63) is 156 Å². The normalized spacial score (nSPS) is 18.2. The highest BCUT2D eigenvalue weighted by Gasteiger charge is 2.38. The molecule has 4 aromatic heterocycles. The third kappa shape index (κ3) is 4.15. The van der Waals surface area contributed by atoms with Crippen molar-refractivity contribution in [1.82, 2.24) is 19.5 Å². The van der Waals surface area contributed by atoms with E-state index in [9.17, 15) is 5.48 Å². The van der Waals surface area contributed by atoms with Crippen LogP contribution >= 0.6 is 22.7 Å². The Labute approximate surface area is 341 Å². The molecule has 254 valence electrons. The van der Waals surface area contributed by atoms with Crippen LogP contribution in [0.2, 0.25) is 0 Å². The van der Waals surface area contributed by atoms with Crippen molar-refractivity contribution in [2.45, 2.75) is 19.1 Å². The van der Waals surface area contributed by atoms with E-state index in [-0.39, 0.29) is 23.1 Å². The second-order valence-corrected chi connectivity index (χ2v) is 15.4. The Morgan fingerprint density at radius 3 is 1.85 bits per heavy atom. The number of fused-ring (bicyclic) bond motifs is 13. The number of rotatable bonds is 3. The highest BCUT2D eigenvalue weighted by Crippen LogP contribution is 2.53. The molecule has 4 nitrogen and oxygen atoms in total. The molecule has 4 heterocycles. The number of hydrogen-bond acceptors (Lipinski definition) is 5. The molecule has 0 fully saturated rings. The number of hydrogen-bond donors (Lipinski definition) is 0. The zero-order valence-electron chi connectivity index (χ0n) is 43.7. The lowest BCUT2D eigenvalue weighted by molar-refractivity contribution is 0.666. The van der Waals surface area contributed by atoms with Gasteiger partial charge in [0.2, 0.25) is 5.95 Å². The molecule has 0 spiro atoms. The Bertz CT molecular complexity index is 4040. The van der Waals surface area contributed by atoms with Crippen LogP contribution in [0.25, 0.3) is 102 Å². The number of para-hydroxylation sites is 1. The predicted molar refractivity (Wildman–Crippen MR) is 228 cm³/mol. The van der Waals surface area contributed by atoms with E-state index in [4.69, 9.17) is 31.4 Å². The third-order valence-electron chi connectivity index (χ3n) is 10.2. The lowest BCUT2D eigenvalue weighted by Crippen LogP contribution is -2.15. The van der Waals surface area contributed by atoms with E-state index in [1.165, 1.54) is 0 Å². The number of benzene rings is 7. The van der Waals surface area contributed by atoms with Crippen LogP contribution in [-0.2, 0) is 5.41 Å². The minimum absolute atomic E-state index is 0.0949. The van der Waals surface area contributed by atoms with Crippen molar-refractivity contribution in [2.75, 3.05) is 0 Å². The van der Waals surface area contributed by atoms with Crippen LogP contribution in [0.5, 0.6) is 0 Å². The maximum Gasteiger partial charge on any atom is 0.238 e. The molecule has 1 aliphatic carbocycles. The molecule has 0 amide bonds. The molecule has 0 radical (unpaired) electrons. The van der Waals surface area contributed by atoms with E-state index in [0.717, 1.165) is 44.9 Å². The van der Waals surface area contributed by atoms with Crippen LogP contribution in [0.4, 0.5) is 0 Å². The van der Waals surface area contributed by atoms with Gasteiger partial charge in [-0.2, -0.15) is 9.97 Å². The van der Waals surface area contributed by atoms with Crippen molar-refractivity contribution in [1.29, 1.82) is 0 Å². The Morgan fingerprint density at radius 1 is 0.556 bits per heavy atom. The summed E-state index contributed by atoms with van der Waals surface area (Å²) >= 11 is 3.20. The molecule has 0 bridgehead atoms. The first-order chi connectivity index (χ1) is 33.2. The smallest absolute Gasteiger partial charge is 0.238 e. The van der Waals surface area contributed by atoms with Crippen LogP contribution in [0, 0.1) is 0 Å². The van der Waals surface area contributed by atoms with Gasteiger partial charge in [-0.15, -0.1) is 22.7 Å². The maximum atomic E-state index is 9.80. The van der Waals surface area contributed by atoms with Gasteiger partial charge in [0, 0.05) is 75.9 Å². The van der Waals surface area contributed by atoms with Crippen LogP contribution in [0.1, 0.15) is 46.8 Å². The molecular weight excluding hydrogens is 697 g/mol. The van der Waals surface area contributed by atoms with Gasteiger partial charge in [0.15, 0.2) is 11.6 Å². The second kappa shape index (κ2) is 10.9. The standard InChI is InChI=1S/C48H30N4S2/c1-48(2)36-15-7-3-11-29(36)32-21-22-38-43(44(32)48)33-14-4-8-16-37(33)52(38)47-50-45(27-19-23-41-34(25-27)30-12-5-9-17-39(30)53-41)49-46(51-47)28-20-24-42-35(26-28)31-13-6-10-18-40(31)54-42/h3-26H,1-2H3/i1D3,2D3,3D,4D,7D,8D,11D,14D,15D,16D,21D,22D. The summed E-state index contributed by atoms with van der Waals surface area (Å²) in [6.07, 6.45) is 0. The summed E-state index contributed by atoms with van der Waals surface area (Å²) in [5.74, 6) is -0.133. The summed E-state index contributed by atoms with van der Waals surface area (Å²) in [4.78, 5) is 15.0. The van der Waals surface area contributed by atoms with E-state index >= 15 is 0 Å². The molecule has 0 saturated carbocycles.